The van der Waals surface area contributed by atoms with Gasteiger partial charge in [0.25, 0.3) is 0 Å². The molecule has 1 atom stereocenters. The zero-order chi connectivity index (χ0) is 27.4. The topological polar surface area (TPSA) is 105 Å². The van der Waals surface area contributed by atoms with E-state index >= 15 is 0 Å². The number of hydrogen-bond donors (Lipinski definition) is 1. The number of sulfonamides is 1. The van der Waals surface area contributed by atoms with Crippen molar-refractivity contribution in [3.8, 4) is 11.5 Å². The summed E-state index contributed by atoms with van der Waals surface area (Å²) in [5, 5.41) is 2.90. The van der Waals surface area contributed by atoms with E-state index in [1.807, 2.05) is 20.8 Å². The van der Waals surface area contributed by atoms with E-state index in [1.54, 1.807) is 19.1 Å². The average molecular weight is 536 g/mol. The number of hydrogen-bond acceptors (Lipinski definition) is 6. The Bertz CT molecular complexity index is 1230. The first-order valence-electron chi connectivity index (χ1n) is 12.1. The number of halogens is 1. The summed E-state index contributed by atoms with van der Waals surface area (Å²) >= 11 is 0. The lowest BCUT2D eigenvalue weighted by atomic mass is 10.1. The van der Waals surface area contributed by atoms with Gasteiger partial charge in [-0.1, -0.05) is 19.1 Å². The molecule has 0 aliphatic carbocycles. The summed E-state index contributed by atoms with van der Waals surface area (Å²) in [6, 6.07) is 9.37. The monoisotopic (exact) mass is 535 g/mol. The molecule has 1 heterocycles. The first-order valence-corrected chi connectivity index (χ1v) is 13.7. The molecule has 0 bridgehead atoms. The Labute approximate surface area is 217 Å². The highest BCUT2D eigenvalue weighted by Gasteiger charge is 2.34. The summed E-state index contributed by atoms with van der Waals surface area (Å²) in [7, 11) is -3.88. The molecule has 1 N–H and O–H groups in total. The maximum Gasteiger partial charge on any atom is 0.244 e. The van der Waals surface area contributed by atoms with E-state index in [-0.39, 0.29) is 30.7 Å². The van der Waals surface area contributed by atoms with Crippen LogP contribution in [0, 0.1) is 5.82 Å². The second-order valence-corrected chi connectivity index (χ2v) is 11.9. The SMILES string of the molecule is CC[C@H](C(=O)NC(C)(C)C)N(Cc1ccc(F)cc1)C(=O)CN(c1ccc2c(c1)OCO2)S(=O)(=O)CC. The molecule has 0 spiro atoms. The third-order valence-electron chi connectivity index (χ3n) is 5.77. The Morgan fingerprint density at radius 2 is 1.70 bits per heavy atom. The van der Waals surface area contributed by atoms with Crippen LogP contribution < -0.4 is 19.1 Å². The first kappa shape index (κ1) is 28.2. The quantitative estimate of drug-likeness (QED) is 0.500. The molecule has 0 aromatic heterocycles. The minimum Gasteiger partial charge on any atom is -0.454 e. The van der Waals surface area contributed by atoms with Crippen LogP contribution in [0.4, 0.5) is 10.1 Å². The Morgan fingerprint density at radius 1 is 1.05 bits per heavy atom. The lowest BCUT2D eigenvalue weighted by Gasteiger charge is -2.34. The highest BCUT2D eigenvalue weighted by Crippen LogP contribution is 2.36. The summed E-state index contributed by atoms with van der Waals surface area (Å²) in [4.78, 5) is 28.3. The van der Waals surface area contributed by atoms with Gasteiger partial charge in [0.05, 0.1) is 11.4 Å². The maximum atomic E-state index is 13.8. The molecular formula is C26H34FN3O6S. The normalized spacial score (nSPS) is 13.7. The number of fused-ring (bicyclic) bond motifs is 1. The zero-order valence-corrected chi connectivity index (χ0v) is 22.6. The van der Waals surface area contributed by atoms with Crippen LogP contribution in [0.3, 0.4) is 0 Å². The molecule has 37 heavy (non-hydrogen) atoms. The zero-order valence-electron chi connectivity index (χ0n) is 21.8. The largest absolute Gasteiger partial charge is 0.454 e. The van der Waals surface area contributed by atoms with Crippen LogP contribution in [-0.2, 0) is 26.2 Å². The molecule has 2 aromatic rings. The molecule has 2 amide bonds. The predicted molar refractivity (Wildman–Crippen MR) is 138 cm³/mol. The first-order chi connectivity index (χ1) is 17.3. The fraction of sp³-hybridized carbons (Fsp3) is 0.462. The van der Waals surface area contributed by atoms with Gasteiger partial charge in [0.1, 0.15) is 18.4 Å². The van der Waals surface area contributed by atoms with Gasteiger partial charge in [-0.05, 0) is 63.9 Å². The van der Waals surface area contributed by atoms with Crippen molar-refractivity contribution < 1.29 is 31.9 Å². The minimum absolute atomic E-state index is 0.00364. The van der Waals surface area contributed by atoms with Gasteiger partial charge in [0, 0.05) is 18.2 Å². The summed E-state index contributed by atoms with van der Waals surface area (Å²) in [5.41, 5.74) is 0.303. The van der Waals surface area contributed by atoms with Crippen molar-refractivity contribution in [1.82, 2.24) is 10.2 Å². The smallest absolute Gasteiger partial charge is 0.244 e. The second kappa shape index (κ2) is 11.4. The molecule has 0 saturated carbocycles. The summed E-state index contributed by atoms with van der Waals surface area (Å²) < 4.78 is 51.4. The molecule has 202 valence electrons. The number of carbonyl (C=O) groups is 2. The van der Waals surface area contributed by atoms with Crippen LogP contribution in [0.25, 0.3) is 0 Å². The van der Waals surface area contributed by atoms with Crippen LogP contribution in [0.15, 0.2) is 42.5 Å². The molecule has 0 fully saturated rings. The van der Waals surface area contributed by atoms with Crippen LogP contribution in [0.5, 0.6) is 11.5 Å². The van der Waals surface area contributed by atoms with Crippen molar-refractivity contribution >= 4 is 27.5 Å². The van der Waals surface area contributed by atoms with Gasteiger partial charge in [-0.2, -0.15) is 0 Å². The number of ether oxygens (including phenoxy) is 2. The Balaban J connectivity index is 1.98. The molecule has 1 aliphatic heterocycles. The van der Waals surface area contributed by atoms with Gasteiger partial charge in [-0.3, -0.25) is 13.9 Å². The van der Waals surface area contributed by atoms with Crippen LogP contribution in [0.2, 0.25) is 0 Å². The number of amides is 2. The van der Waals surface area contributed by atoms with Crippen molar-refractivity contribution in [2.75, 3.05) is 23.4 Å². The van der Waals surface area contributed by atoms with Crippen molar-refractivity contribution in [3.63, 3.8) is 0 Å². The van der Waals surface area contributed by atoms with Crippen LogP contribution in [-0.4, -0.2) is 55.8 Å². The van der Waals surface area contributed by atoms with Gasteiger partial charge in [0.15, 0.2) is 11.5 Å². The van der Waals surface area contributed by atoms with Crippen LogP contribution in [0.1, 0.15) is 46.6 Å². The lowest BCUT2D eigenvalue weighted by Crippen LogP contribution is -2.55. The fourth-order valence-corrected chi connectivity index (χ4v) is 4.97. The summed E-state index contributed by atoms with van der Waals surface area (Å²) in [6.45, 7) is 8.24. The molecule has 2 aromatic carbocycles. The lowest BCUT2D eigenvalue weighted by molar-refractivity contribution is -0.141. The van der Waals surface area contributed by atoms with Gasteiger partial charge in [-0.25, -0.2) is 12.8 Å². The maximum absolute atomic E-state index is 13.8. The Hall–Kier alpha value is -3.34. The van der Waals surface area contributed by atoms with E-state index in [9.17, 15) is 22.4 Å². The third kappa shape index (κ3) is 7.12. The van der Waals surface area contributed by atoms with E-state index in [1.165, 1.54) is 42.2 Å². The summed E-state index contributed by atoms with van der Waals surface area (Å²) in [6.07, 6.45) is 0.291. The molecule has 11 heteroatoms. The van der Waals surface area contributed by atoms with E-state index in [2.05, 4.69) is 5.32 Å². The van der Waals surface area contributed by atoms with Gasteiger partial charge >= 0.3 is 0 Å². The Morgan fingerprint density at radius 3 is 2.30 bits per heavy atom. The molecule has 0 radical (unpaired) electrons. The van der Waals surface area contributed by atoms with Crippen molar-refractivity contribution in [2.45, 2.75) is 59.2 Å². The van der Waals surface area contributed by atoms with Crippen molar-refractivity contribution in [1.29, 1.82) is 0 Å². The van der Waals surface area contributed by atoms with E-state index in [0.717, 1.165) is 4.31 Å². The molecule has 0 saturated heterocycles. The predicted octanol–water partition coefficient (Wildman–Crippen LogP) is 3.43. The average Bonchev–Trinajstić information content (AvgIpc) is 3.30. The minimum atomic E-state index is -3.88. The highest BCUT2D eigenvalue weighted by atomic mass is 32.2. The highest BCUT2D eigenvalue weighted by molar-refractivity contribution is 7.92. The fourth-order valence-electron chi connectivity index (χ4n) is 3.92. The second-order valence-electron chi connectivity index (χ2n) is 9.76. The molecule has 9 nitrogen and oxygen atoms in total. The van der Waals surface area contributed by atoms with E-state index in [0.29, 0.717) is 23.5 Å². The molecule has 3 rings (SSSR count). The number of nitrogens with zero attached hydrogens (tertiary/aromatic N) is 2. The van der Waals surface area contributed by atoms with Gasteiger partial charge in [0.2, 0.25) is 28.6 Å². The van der Waals surface area contributed by atoms with Crippen LogP contribution >= 0.6 is 0 Å². The van der Waals surface area contributed by atoms with Crippen molar-refractivity contribution in [3.05, 3.63) is 53.8 Å². The standard InChI is InChI=1S/C26H34FN3O6S/c1-6-21(25(32)28-26(3,4)5)29(15-18-8-10-19(27)11-9-18)24(31)16-30(37(33,34)7-2)20-12-13-22-23(14-20)36-17-35-22/h8-14,21H,6-7,15-17H2,1-5H3,(H,28,32)/t21-/m1/s1. The molecule has 0 unspecified atom stereocenters. The number of benzene rings is 2. The molecule has 1 aliphatic rings. The van der Waals surface area contributed by atoms with E-state index < -0.39 is 39.9 Å². The number of nitrogens with one attached hydrogen (secondary N) is 1. The van der Waals surface area contributed by atoms with Gasteiger partial charge in [-0.15, -0.1) is 0 Å². The van der Waals surface area contributed by atoms with E-state index in [4.69, 9.17) is 9.47 Å². The Kier molecular flexibility index (Phi) is 8.68. The number of anilines is 1. The number of carbonyl (C=O) groups excluding carboxylic acids is 2. The number of rotatable bonds is 10. The third-order valence-corrected chi connectivity index (χ3v) is 7.51. The van der Waals surface area contributed by atoms with Crippen molar-refractivity contribution in [2.24, 2.45) is 0 Å². The summed E-state index contributed by atoms with van der Waals surface area (Å²) in [5.74, 6) is -0.753. The molecular weight excluding hydrogens is 501 g/mol. The van der Waals surface area contributed by atoms with Gasteiger partial charge < -0.3 is 19.7 Å².